The van der Waals surface area contributed by atoms with Gasteiger partial charge in [-0.1, -0.05) is 19.1 Å². The Balaban J connectivity index is 2.40. The molecule has 0 saturated carbocycles. The molecule has 2 N–H and O–H groups in total. The summed E-state index contributed by atoms with van der Waals surface area (Å²) in [5, 5.41) is 17.2. The molecule has 2 rings (SSSR count). The Bertz CT molecular complexity index is 663. The SMILES string of the molecule is CCCNc1ncnc(Nc2ccccc2OC)c1[N+](=O)[O-]. The van der Waals surface area contributed by atoms with Crippen LogP contribution in [0.1, 0.15) is 13.3 Å². The largest absolute Gasteiger partial charge is 0.495 e. The summed E-state index contributed by atoms with van der Waals surface area (Å²) < 4.78 is 5.22. The lowest BCUT2D eigenvalue weighted by atomic mass is 10.3. The lowest BCUT2D eigenvalue weighted by Crippen LogP contribution is -2.09. The van der Waals surface area contributed by atoms with Crippen molar-refractivity contribution in [3.63, 3.8) is 0 Å². The smallest absolute Gasteiger partial charge is 0.353 e. The van der Waals surface area contributed by atoms with Crippen molar-refractivity contribution in [3.8, 4) is 5.75 Å². The number of para-hydroxylation sites is 2. The van der Waals surface area contributed by atoms with E-state index in [1.54, 1.807) is 18.2 Å². The molecule has 0 spiro atoms. The molecule has 0 aliphatic heterocycles. The molecular formula is C14H17N5O3. The number of hydrogen-bond acceptors (Lipinski definition) is 7. The van der Waals surface area contributed by atoms with Crippen LogP contribution in [0, 0.1) is 10.1 Å². The van der Waals surface area contributed by atoms with Gasteiger partial charge in [-0.25, -0.2) is 9.97 Å². The first kappa shape index (κ1) is 15.5. The van der Waals surface area contributed by atoms with E-state index in [0.29, 0.717) is 18.0 Å². The fourth-order valence-electron chi connectivity index (χ4n) is 1.89. The number of aromatic nitrogens is 2. The highest BCUT2D eigenvalue weighted by Gasteiger charge is 2.23. The third-order valence-electron chi connectivity index (χ3n) is 2.91. The number of rotatable bonds is 7. The zero-order valence-electron chi connectivity index (χ0n) is 12.4. The molecule has 0 bridgehead atoms. The van der Waals surface area contributed by atoms with E-state index in [-0.39, 0.29) is 17.3 Å². The summed E-state index contributed by atoms with van der Waals surface area (Å²) >= 11 is 0. The Kier molecular flexibility index (Phi) is 5.07. The summed E-state index contributed by atoms with van der Waals surface area (Å²) in [5.41, 5.74) is 0.398. The van der Waals surface area contributed by atoms with Gasteiger partial charge in [0.05, 0.1) is 17.7 Å². The number of nitrogens with one attached hydrogen (secondary N) is 2. The van der Waals surface area contributed by atoms with Crippen molar-refractivity contribution in [2.75, 3.05) is 24.3 Å². The molecule has 1 aromatic heterocycles. The maximum Gasteiger partial charge on any atom is 0.353 e. The maximum atomic E-state index is 11.4. The number of ether oxygens (including phenoxy) is 1. The van der Waals surface area contributed by atoms with E-state index in [4.69, 9.17) is 4.74 Å². The van der Waals surface area contributed by atoms with Gasteiger partial charge in [0.2, 0.25) is 11.6 Å². The molecule has 116 valence electrons. The van der Waals surface area contributed by atoms with Crippen LogP contribution in [0.5, 0.6) is 5.75 Å². The number of anilines is 3. The molecule has 2 aromatic rings. The zero-order chi connectivity index (χ0) is 15.9. The van der Waals surface area contributed by atoms with Gasteiger partial charge in [-0.3, -0.25) is 10.1 Å². The Morgan fingerprint density at radius 2 is 2.00 bits per heavy atom. The Labute approximate surface area is 127 Å². The van der Waals surface area contributed by atoms with Crippen LogP contribution in [-0.2, 0) is 0 Å². The van der Waals surface area contributed by atoms with Gasteiger partial charge in [-0.15, -0.1) is 0 Å². The van der Waals surface area contributed by atoms with Crippen molar-refractivity contribution in [1.29, 1.82) is 0 Å². The molecule has 1 aromatic carbocycles. The van der Waals surface area contributed by atoms with E-state index >= 15 is 0 Å². The monoisotopic (exact) mass is 303 g/mol. The van der Waals surface area contributed by atoms with Gasteiger partial charge >= 0.3 is 5.69 Å². The van der Waals surface area contributed by atoms with E-state index in [2.05, 4.69) is 20.6 Å². The van der Waals surface area contributed by atoms with Crippen molar-refractivity contribution in [2.24, 2.45) is 0 Å². The molecule has 0 aliphatic rings. The summed E-state index contributed by atoms with van der Waals surface area (Å²) in [6.07, 6.45) is 2.11. The van der Waals surface area contributed by atoms with Gasteiger partial charge in [-0.2, -0.15) is 0 Å². The lowest BCUT2D eigenvalue weighted by molar-refractivity contribution is -0.383. The van der Waals surface area contributed by atoms with Crippen LogP contribution in [0.3, 0.4) is 0 Å². The van der Waals surface area contributed by atoms with Gasteiger partial charge in [0.1, 0.15) is 12.1 Å². The van der Waals surface area contributed by atoms with Gasteiger partial charge in [0.25, 0.3) is 0 Å². The van der Waals surface area contributed by atoms with Crippen molar-refractivity contribution in [1.82, 2.24) is 9.97 Å². The van der Waals surface area contributed by atoms with Crippen LogP contribution < -0.4 is 15.4 Å². The van der Waals surface area contributed by atoms with Crippen LogP contribution >= 0.6 is 0 Å². The Morgan fingerprint density at radius 1 is 1.27 bits per heavy atom. The molecule has 22 heavy (non-hydrogen) atoms. The molecular weight excluding hydrogens is 286 g/mol. The first-order valence-electron chi connectivity index (χ1n) is 6.80. The standard InChI is InChI=1S/C14H17N5O3/c1-3-8-15-13-12(19(20)21)14(17-9-16-13)18-10-6-4-5-7-11(10)22-2/h4-7,9H,3,8H2,1-2H3,(H2,15,16,17,18). The summed E-state index contributed by atoms with van der Waals surface area (Å²) in [4.78, 5) is 18.8. The molecule has 0 aliphatic carbocycles. The van der Waals surface area contributed by atoms with E-state index in [9.17, 15) is 10.1 Å². The van der Waals surface area contributed by atoms with Crippen molar-refractivity contribution in [2.45, 2.75) is 13.3 Å². The first-order valence-corrected chi connectivity index (χ1v) is 6.80. The van der Waals surface area contributed by atoms with E-state index in [1.807, 2.05) is 13.0 Å². The molecule has 0 saturated heterocycles. The summed E-state index contributed by atoms with van der Waals surface area (Å²) in [5.74, 6) is 0.876. The average molecular weight is 303 g/mol. The normalized spacial score (nSPS) is 10.1. The van der Waals surface area contributed by atoms with Crippen molar-refractivity contribution in [3.05, 3.63) is 40.7 Å². The molecule has 0 atom stereocenters. The summed E-state index contributed by atoms with van der Waals surface area (Å²) in [7, 11) is 1.53. The van der Waals surface area contributed by atoms with Gasteiger partial charge < -0.3 is 15.4 Å². The first-order chi connectivity index (χ1) is 10.7. The quantitative estimate of drug-likeness (QED) is 0.598. The molecule has 0 radical (unpaired) electrons. The number of hydrogen-bond donors (Lipinski definition) is 2. The molecule has 0 amide bonds. The molecule has 1 heterocycles. The van der Waals surface area contributed by atoms with Crippen LogP contribution in [0.25, 0.3) is 0 Å². The fourth-order valence-corrected chi connectivity index (χ4v) is 1.89. The topological polar surface area (TPSA) is 102 Å². The second-order valence-electron chi connectivity index (χ2n) is 4.43. The van der Waals surface area contributed by atoms with E-state index in [0.717, 1.165) is 6.42 Å². The minimum Gasteiger partial charge on any atom is -0.495 e. The molecule has 8 heteroatoms. The molecule has 0 fully saturated rings. The maximum absolute atomic E-state index is 11.4. The highest BCUT2D eigenvalue weighted by atomic mass is 16.6. The van der Waals surface area contributed by atoms with Gasteiger partial charge in [0, 0.05) is 6.54 Å². The molecule has 8 nitrogen and oxygen atoms in total. The minimum atomic E-state index is -0.504. The second-order valence-corrected chi connectivity index (χ2v) is 4.43. The van der Waals surface area contributed by atoms with Crippen LogP contribution in [0.2, 0.25) is 0 Å². The minimum absolute atomic E-state index is 0.114. The molecule has 0 unspecified atom stereocenters. The van der Waals surface area contributed by atoms with Gasteiger partial charge in [-0.05, 0) is 18.6 Å². The number of methoxy groups -OCH3 is 1. The zero-order valence-corrected chi connectivity index (χ0v) is 12.4. The lowest BCUT2D eigenvalue weighted by Gasteiger charge is -2.11. The third kappa shape index (κ3) is 3.40. The van der Waals surface area contributed by atoms with E-state index in [1.165, 1.54) is 13.4 Å². The van der Waals surface area contributed by atoms with Crippen LogP contribution in [0.15, 0.2) is 30.6 Å². The van der Waals surface area contributed by atoms with Crippen LogP contribution in [-0.4, -0.2) is 28.5 Å². The second kappa shape index (κ2) is 7.21. The highest BCUT2D eigenvalue weighted by molar-refractivity contribution is 5.75. The summed E-state index contributed by atoms with van der Waals surface area (Å²) in [6.45, 7) is 2.56. The van der Waals surface area contributed by atoms with Crippen molar-refractivity contribution < 1.29 is 9.66 Å². The summed E-state index contributed by atoms with van der Waals surface area (Å²) in [6, 6.07) is 7.12. The van der Waals surface area contributed by atoms with Crippen LogP contribution in [0.4, 0.5) is 23.0 Å². The number of benzene rings is 1. The number of nitro groups is 1. The number of nitrogens with zero attached hydrogens (tertiary/aromatic N) is 3. The fraction of sp³-hybridized carbons (Fsp3) is 0.286. The van der Waals surface area contributed by atoms with Crippen molar-refractivity contribution >= 4 is 23.0 Å². The third-order valence-corrected chi connectivity index (χ3v) is 2.91. The Hall–Kier alpha value is -2.90. The predicted octanol–water partition coefficient (Wildman–Crippen LogP) is 2.96. The highest BCUT2D eigenvalue weighted by Crippen LogP contribution is 2.33. The van der Waals surface area contributed by atoms with Gasteiger partial charge in [0.15, 0.2) is 0 Å². The predicted molar refractivity (Wildman–Crippen MR) is 83.7 cm³/mol. The average Bonchev–Trinajstić information content (AvgIpc) is 2.53. The van der Waals surface area contributed by atoms with E-state index < -0.39 is 4.92 Å². The Morgan fingerprint density at radius 3 is 2.68 bits per heavy atom.